The van der Waals surface area contributed by atoms with Crippen molar-refractivity contribution in [2.45, 2.75) is 45.3 Å². The van der Waals surface area contributed by atoms with Crippen LogP contribution in [0.3, 0.4) is 0 Å². The van der Waals surface area contributed by atoms with Gasteiger partial charge in [0.1, 0.15) is 5.60 Å². The highest BCUT2D eigenvalue weighted by atomic mass is 16.6. The Balaban J connectivity index is 1.90. The van der Waals surface area contributed by atoms with Crippen LogP contribution in [0.15, 0.2) is 5.10 Å². The van der Waals surface area contributed by atoms with E-state index in [1.807, 2.05) is 25.8 Å². The Morgan fingerprint density at radius 2 is 2.30 bits per heavy atom. The fraction of sp³-hybridized carbons (Fsp3) is 0.857. The van der Waals surface area contributed by atoms with Gasteiger partial charge in [-0.2, -0.15) is 5.10 Å². The zero-order chi connectivity index (χ0) is 15.6. The van der Waals surface area contributed by atoms with Gasteiger partial charge in [0.05, 0.1) is 32.8 Å². The monoisotopic (exact) mass is 284 g/mol. The van der Waals surface area contributed by atoms with Crippen molar-refractivity contribution in [2.75, 3.05) is 33.3 Å². The van der Waals surface area contributed by atoms with Gasteiger partial charge >= 0.3 is 6.09 Å². The van der Waals surface area contributed by atoms with Crippen LogP contribution >= 0.6 is 0 Å². The Morgan fingerprint density at radius 1 is 1.55 bits per heavy atom. The van der Waals surface area contributed by atoms with Crippen molar-refractivity contribution in [2.24, 2.45) is 5.10 Å². The number of rotatable bonds is 3. The molecular weight excluding hydrogens is 258 g/mol. The molecule has 6 heteroatoms. The van der Waals surface area contributed by atoms with Gasteiger partial charge in [-0.3, -0.25) is 9.91 Å². The van der Waals surface area contributed by atoms with E-state index >= 15 is 0 Å². The van der Waals surface area contributed by atoms with Gasteiger partial charge in [-0.05, 0) is 33.6 Å². The average molecular weight is 284 g/mol. The van der Waals surface area contributed by atoms with Gasteiger partial charge in [-0.15, -0.1) is 0 Å². The SMILES string of the molecule is [2H]C1/C(=N/N2CCC[C@H]2COC)CN1C(=O)OC(C)(C)C. The van der Waals surface area contributed by atoms with E-state index in [0.29, 0.717) is 18.9 Å². The second kappa shape index (κ2) is 5.99. The molecule has 2 fully saturated rings. The number of amides is 1. The van der Waals surface area contributed by atoms with Crippen LogP contribution in [0.25, 0.3) is 0 Å². The molecule has 0 aliphatic carbocycles. The first kappa shape index (κ1) is 13.7. The van der Waals surface area contributed by atoms with Crippen molar-refractivity contribution in [1.82, 2.24) is 9.91 Å². The summed E-state index contributed by atoms with van der Waals surface area (Å²) in [6.07, 6.45) is 1.70. The Kier molecular flexibility index (Phi) is 4.10. The van der Waals surface area contributed by atoms with Crippen LogP contribution in [0.5, 0.6) is 0 Å². The molecule has 1 unspecified atom stereocenters. The number of hydrogen-bond acceptors (Lipinski definition) is 5. The highest BCUT2D eigenvalue weighted by molar-refractivity contribution is 5.98. The van der Waals surface area contributed by atoms with Crippen molar-refractivity contribution in [3.8, 4) is 0 Å². The molecule has 0 aromatic heterocycles. The summed E-state index contributed by atoms with van der Waals surface area (Å²) in [6.45, 7) is 6.63. The molecule has 0 N–H and O–H groups in total. The van der Waals surface area contributed by atoms with Crippen LogP contribution < -0.4 is 0 Å². The molecular formula is C14H25N3O3. The van der Waals surface area contributed by atoms with Gasteiger partial charge in [0.2, 0.25) is 0 Å². The zero-order valence-corrected chi connectivity index (χ0v) is 12.8. The molecule has 0 aromatic rings. The summed E-state index contributed by atoms with van der Waals surface area (Å²) in [4.78, 5) is 13.3. The fourth-order valence-electron chi connectivity index (χ4n) is 2.30. The molecule has 2 heterocycles. The number of carbonyl (C=O) groups is 1. The zero-order valence-electron chi connectivity index (χ0n) is 13.8. The lowest BCUT2D eigenvalue weighted by atomic mass is 10.2. The van der Waals surface area contributed by atoms with E-state index in [-0.39, 0.29) is 6.04 Å². The topological polar surface area (TPSA) is 54.4 Å². The molecule has 2 saturated heterocycles. The molecule has 20 heavy (non-hydrogen) atoms. The first-order chi connectivity index (χ1) is 9.81. The maximum Gasteiger partial charge on any atom is 0.410 e. The van der Waals surface area contributed by atoms with E-state index in [0.717, 1.165) is 19.4 Å². The lowest BCUT2D eigenvalue weighted by Crippen LogP contribution is -2.53. The van der Waals surface area contributed by atoms with E-state index < -0.39 is 18.2 Å². The predicted octanol–water partition coefficient (Wildman–Crippen LogP) is 1.70. The quantitative estimate of drug-likeness (QED) is 0.791. The summed E-state index contributed by atoms with van der Waals surface area (Å²) in [5.41, 5.74) is 0.172. The van der Waals surface area contributed by atoms with Crippen LogP contribution in [0.2, 0.25) is 0 Å². The predicted molar refractivity (Wildman–Crippen MR) is 76.8 cm³/mol. The van der Waals surface area contributed by atoms with Crippen LogP contribution in [-0.2, 0) is 9.47 Å². The van der Waals surface area contributed by atoms with Gasteiger partial charge in [0.25, 0.3) is 0 Å². The average Bonchev–Trinajstić information content (AvgIpc) is 2.79. The van der Waals surface area contributed by atoms with E-state index in [1.165, 1.54) is 4.90 Å². The molecule has 2 atom stereocenters. The van der Waals surface area contributed by atoms with Crippen LogP contribution in [0.4, 0.5) is 4.79 Å². The molecule has 114 valence electrons. The van der Waals surface area contributed by atoms with Crippen molar-refractivity contribution >= 4 is 11.8 Å². The summed E-state index contributed by atoms with van der Waals surface area (Å²) in [5, 5.41) is 6.52. The maximum atomic E-state index is 11.9. The van der Waals surface area contributed by atoms with Gasteiger partial charge in [0.15, 0.2) is 0 Å². The molecule has 2 rings (SSSR count). The Bertz CT molecular complexity index is 422. The van der Waals surface area contributed by atoms with Gasteiger partial charge in [-0.1, -0.05) is 0 Å². The number of nitrogens with zero attached hydrogens (tertiary/aromatic N) is 3. The fourth-order valence-corrected chi connectivity index (χ4v) is 2.30. The van der Waals surface area contributed by atoms with E-state index in [1.54, 1.807) is 7.11 Å². The van der Waals surface area contributed by atoms with Crippen LogP contribution in [0.1, 0.15) is 35.0 Å². The molecule has 0 saturated carbocycles. The number of ether oxygens (including phenoxy) is 2. The highest BCUT2D eigenvalue weighted by Gasteiger charge is 2.32. The highest BCUT2D eigenvalue weighted by Crippen LogP contribution is 2.20. The maximum absolute atomic E-state index is 11.9. The van der Waals surface area contributed by atoms with Crippen molar-refractivity contribution in [3.05, 3.63) is 0 Å². The van der Waals surface area contributed by atoms with Gasteiger partial charge < -0.3 is 9.47 Å². The molecule has 2 aliphatic heterocycles. The van der Waals surface area contributed by atoms with Gasteiger partial charge in [-0.25, -0.2) is 4.79 Å². The number of likely N-dealkylation sites (tertiary alicyclic amines) is 1. The Morgan fingerprint density at radius 3 is 2.90 bits per heavy atom. The molecule has 0 aromatic carbocycles. The third-order valence-electron chi connectivity index (χ3n) is 3.23. The Labute approximate surface area is 122 Å². The lowest BCUT2D eigenvalue weighted by molar-refractivity contribution is 0.0260. The second-order valence-electron chi connectivity index (χ2n) is 6.24. The largest absolute Gasteiger partial charge is 0.444 e. The van der Waals surface area contributed by atoms with Crippen LogP contribution in [0, 0.1) is 0 Å². The lowest BCUT2D eigenvalue weighted by Gasteiger charge is -2.35. The number of hydrazone groups is 1. The summed E-state index contributed by atoms with van der Waals surface area (Å²) >= 11 is 0. The number of methoxy groups -OCH3 is 1. The first-order valence-corrected chi connectivity index (χ1v) is 7.06. The Hall–Kier alpha value is -1.30. The minimum atomic E-state index is -0.733. The van der Waals surface area contributed by atoms with E-state index in [4.69, 9.17) is 10.8 Å². The molecule has 0 bridgehead atoms. The van der Waals surface area contributed by atoms with E-state index in [9.17, 15) is 4.79 Å². The molecule has 6 nitrogen and oxygen atoms in total. The summed E-state index contributed by atoms with van der Waals surface area (Å²) in [7, 11) is 1.69. The minimum Gasteiger partial charge on any atom is -0.444 e. The van der Waals surface area contributed by atoms with E-state index in [2.05, 4.69) is 5.10 Å². The van der Waals surface area contributed by atoms with Gasteiger partial charge in [0, 0.05) is 13.7 Å². The third-order valence-corrected chi connectivity index (χ3v) is 3.23. The smallest absolute Gasteiger partial charge is 0.410 e. The molecule has 2 aliphatic rings. The summed E-state index contributed by atoms with van der Waals surface area (Å²) in [5.74, 6) is 0. The first-order valence-electron chi connectivity index (χ1n) is 7.64. The van der Waals surface area contributed by atoms with Crippen molar-refractivity contribution in [3.63, 3.8) is 0 Å². The molecule has 0 radical (unpaired) electrons. The number of hydrogen-bond donors (Lipinski definition) is 0. The second-order valence-corrected chi connectivity index (χ2v) is 6.24. The molecule has 0 spiro atoms. The third kappa shape index (κ3) is 3.85. The minimum absolute atomic E-state index is 0.283. The number of carbonyl (C=O) groups excluding carboxylic acids is 1. The standard InChI is InChI=1S/C14H25N3O3/c1-14(2,3)20-13(18)16-8-11(9-16)15-17-7-5-6-12(17)10-19-4/h12H,5-10H2,1-4H3/t12-/m0/s1/i8D/b15-11-/t8?,12-. The van der Waals surface area contributed by atoms with Crippen molar-refractivity contribution < 1.29 is 15.6 Å². The normalized spacial score (nSPS) is 29.4. The summed E-state index contributed by atoms with van der Waals surface area (Å²) < 4.78 is 18.5. The summed E-state index contributed by atoms with van der Waals surface area (Å²) in [6, 6.07) is 0.283. The molecule has 1 amide bonds. The van der Waals surface area contributed by atoms with Crippen LogP contribution in [-0.4, -0.2) is 66.7 Å². The van der Waals surface area contributed by atoms with Crippen molar-refractivity contribution in [1.29, 1.82) is 0 Å².